The van der Waals surface area contributed by atoms with Crippen molar-refractivity contribution in [2.24, 2.45) is 5.92 Å². The van der Waals surface area contributed by atoms with E-state index in [2.05, 4.69) is 6.92 Å². The number of carbonyl (C=O) groups excluding carboxylic acids is 1. The number of ether oxygens (including phenoxy) is 1. The molecule has 0 aliphatic heterocycles. The van der Waals surface area contributed by atoms with Crippen LogP contribution in [0.4, 0.5) is 5.69 Å². The molecular weight excluding hydrogens is 238 g/mol. The summed E-state index contributed by atoms with van der Waals surface area (Å²) < 4.78 is 6.10. The van der Waals surface area contributed by atoms with Crippen molar-refractivity contribution in [3.05, 3.63) is 23.8 Å². The van der Waals surface area contributed by atoms with E-state index in [9.17, 15) is 4.79 Å². The van der Waals surface area contributed by atoms with Crippen molar-refractivity contribution in [1.29, 1.82) is 0 Å². The monoisotopic (exact) mass is 261 g/mol. The highest BCUT2D eigenvalue weighted by molar-refractivity contribution is 5.99. The van der Waals surface area contributed by atoms with Crippen LogP contribution in [0.5, 0.6) is 5.75 Å². The lowest BCUT2D eigenvalue weighted by Crippen LogP contribution is -2.29. The molecule has 0 bridgehead atoms. The molecular formula is C16H23NO2. The van der Waals surface area contributed by atoms with Crippen LogP contribution < -0.4 is 10.5 Å². The van der Waals surface area contributed by atoms with Crippen molar-refractivity contribution >= 4 is 11.5 Å². The van der Waals surface area contributed by atoms with Crippen LogP contribution in [0.3, 0.4) is 0 Å². The molecule has 1 saturated carbocycles. The normalized spacial score (nSPS) is 23.1. The van der Waals surface area contributed by atoms with E-state index in [0.29, 0.717) is 17.2 Å². The molecule has 2 rings (SSSR count). The van der Waals surface area contributed by atoms with E-state index in [0.717, 1.165) is 18.6 Å². The molecule has 0 amide bonds. The Morgan fingerprint density at radius 2 is 2.11 bits per heavy atom. The lowest BCUT2D eigenvalue weighted by atomic mass is 9.85. The molecule has 0 aromatic heterocycles. The summed E-state index contributed by atoms with van der Waals surface area (Å²) in [7, 11) is 0. The van der Waals surface area contributed by atoms with E-state index in [1.165, 1.54) is 26.2 Å². The van der Waals surface area contributed by atoms with Crippen LogP contribution in [0.25, 0.3) is 0 Å². The third kappa shape index (κ3) is 3.28. The second-order valence-electron chi connectivity index (χ2n) is 5.41. The number of ketones is 1. The Hall–Kier alpha value is -1.51. The number of nitrogen functional groups attached to an aromatic ring is 1. The molecule has 2 unspecified atom stereocenters. The van der Waals surface area contributed by atoms with Crippen molar-refractivity contribution < 1.29 is 9.53 Å². The highest BCUT2D eigenvalue weighted by Gasteiger charge is 2.25. The molecule has 1 aliphatic carbocycles. The first kappa shape index (κ1) is 13.9. The number of hydrogen-bond donors (Lipinski definition) is 1. The second-order valence-corrected chi connectivity index (χ2v) is 5.41. The Morgan fingerprint density at radius 3 is 2.79 bits per heavy atom. The first-order chi connectivity index (χ1) is 9.11. The van der Waals surface area contributed by atoms with Gasteiger partial charge in [0.1, 0.15) is 11.9 Å². The minimum Gasteiger partial charge on any atom is -0.490 e. The highest BCUT2D eigenvalue weighted by atomic mass is 16.5. The van der Waals surface area contributed by atoms with Gasteiger partial charge < -0.3 is 10.5 Å². The fourth-order valence-corrected chi connectivity index (χ4v) is 2.88. The predicted molar refractivity (Wildman–Crippen MR) is 77.5 cm³/mol. The smallest absolute Gasteiger partial charge is 0.162 e. The highest BCUT2D eigenvalue weighted by Crippen LogP contribution is 2.31. The van der Waals surface area contributed by atoms with E-state index in [4.69, 9.17) is 10.5 Å². The summed E-state index contributed by atoms with van der Waals surface area (Å²) in [4.78, 5) is 11.5. The summed E-state index contributed by atoms with van der Waals surface area (Å²) in [6.07, 6.45) is 6.32. The molecule has 19 heavy (non-hydrogen) atoms. The first-order valence-electron chi connectivity index (χ1n) is 7.19. The summed E-state index contributed by atoms with van der Waals surface area (Å²) >= 11 is 0. The molecule has 1 aliphatic rings. The number of Topliss-reactive ketones (excluding diaryl/α,β-unsaturated/α-hetero) is 1. The van der Waals surface area contributed by atoms with E-state index < -0.39 is 0 Å². The maximum absolute atomic E-state index is 11.5. The number of anilines is 1. The Bertz CT molecular complexity index is 456. The molecule has 1 fully saturated rings. The average Bonchev–Trinajstić information content (AvgIpc) is 2.41. The van der Waals surface area contributed by atoms with Crippen LogP contribution in [0.15, 0.2) is 18.2 Å². The van der Waals surface area contributed by atoms with Gasteiger partial charge in [0, 0.05) is 11.3 Å². The summed E-state index contributed by atoms with van der Waals surface area (Å²) in [5.74, 6) is 1.38. The number of nitrogens with two attached hydrogens (primary N) is 1. The van der Waals surface area contributed by atoms with Gasteiger partial charge in [-0.2, -0.15) is 0 Å². The van der Waals surface area contributed by atoms with Crippen molar-refractivity contribution in [2.75, 3.05) is 5.73 Å². The Kier molecular flexibility index (Phi) is 4.46. The fraction of sp³-hybridized carbons (Fsp3) is 0.562. The zero-order valence-electron chi connectivity index (χ0n) is 11.8. The van der Waals surface area contributed by atoms with Gasteiger partial charge in [0.05, 0.1) is 0 Å². The van der Waals surface area contributed by atoms with Crippen LogP contribution in [-0.2, 0) is 0 Å². The minimum atomic E-state index is -0.0152. The Morgan fingerprint density at radius 1 is 1.37 bits per heavy atom. The van der Waals surface area contributed by atoms with Gasteiger partial charge in [-0.05, 0) is 56.7 Å². The molecule has 0 spiro atoms. The molecule has 104 valence electrons. The molecule has 0 saturated heterocycles. The maximum Gasteiger partial charge on any atom is 0.162 e. The van der Waals surface area contributed by atoms with Crippen LogP contribution in [0.2, 0.25) is 0 Å². The van der Waals surface area contributed by atoms with Gasteiger partial charge in [0.25, 0.3) is 0 Å². The van der Waals surface area contributed by atoms with Gasteiger partial charge in [-0.3, -0.25) is 4.79 Å². The van der Waals surface area contributed by atoms with Gasteiger partial charge in [0.2, 0.25) is 0 Å². The molecule has 1 aromatic carbocycles. The Balaban J connectivity index is 2.14. The average molecular weight is 261 g/mol. The van der Waals surface area contributed by atoms with Crippen molar-refractivity contribution in [3.63, 3.8) is 0 Å². The number of rotatable bonds is 4. The topological polar surface area (TPSA) is 52.3 Å². The first-order valence-corrected chi connectivity index (χ1v) is 7.19. The van der Waals surface area contributed by atoms with Gasteiger partial charge >= 0.3 is 0 Å². The van der Waals surface area contributed by atoms with Crippen molar-refractivity contribution in [1.82, 2.24) is 0 Å². The largest absolute Gasteiger partial charge is 0.490 e. The molecule has 0 radical (unpaired) electrons. The van der Waals surface area contributed by atoms with Gasteiger partial charge in [-0.1, -0.05) is 13.3 Å². The van der Waals surface area contributed by atoms with Crippen molar-refractivity contribution in [2.45, 2.75) is 52.1 Å². The molecule has 2 atom stereocenters. The fourth-order valence-electron chi connectivity index (χ4n) is 2.88. The van der Waals surface area contributed by atoms with Gasteiger partial charge in [-0.25, -0.2) is 0 Å². The lowest BCUT2D eigenvalue weighted by Gasteiger charge is -2.31. The zero-order valence-corrected chi connectivity index (χ0v) is 11.8. The van der Waals surface area contributed by atoms with Gasteiger partial charge in [-0.15, -0.1) is 0 Å². The van der Waals surface area contributed by atoms with Crippen LogP contribution >= 0.6 is 0 Å². The van der Waals surface area contributed by atoms with E-state index in [1.807, 2.05) is 6.07 Å². The third-order valence-electron chi connectivity index (χ3n) is 4.06. The van der Waals surface area contributed by atoms with Crippen LogP contribution in [-0.4, -0.2) is 11.9 Å². The van der Waals surface area contributed by atoms with Gasteiger partial charge in [0.15, 0.2) is 5.78 Å². The summed E-state index contributed by atoms with van der Waals surface area (Å²) in [5, 5.41) is 0. The molecule has 2 N–H and O–H groups in total. The molecule has 0 heterocycles. The Labute approximate surface area is 115 Å². The molecule has 1 aromatic rings. The third-order valence-corrected chi connectivity index (χ3v) is 4.06. The zero-order chi connectivity index (χ0) is 13.8. The second kappa shape index (κ2) is 6.09. The number of carbonyl (C=O) groups is 1. The van der Waals surface area contributed by atoms with Crippen LogP contribution in [0, 0.1) is 5.92 Å². The molecule has 3 nitrogen and oxygen atoms in total. The SMILES string of the molecule is CCC1CCCCC1Oc1ccc(N)c(C(C)=O)c1. The maximum atomic E-state index is 11.5. The molecule has 3 heteroatoms. The quantitative estimate of drug-likeness (QED) is 0.662. The van der Waals surface area contributed by atoms with Crippen molar-refractivity contribution in [3.8, 4) is 5.75 Å². The lowest BCUT2D eigenvalue weighted by molar-refractivity contribution is 0.0899. The van der Waals surface area contributed by atoms with Crippen LogP contribution in [0.1, 0.15) is 56.3 Å². The minimum absolute atomic E-state index is 0.0152. The predicted octanol–water partition coefficient (Wildman–Crippen LogP) is 3.82. The number of hydrogen-bond acceptors (Lipinski definition) is 3. The summed E-state index contributed by atoms with van der Waals surface area (Å²) in [5.41, 5.74) is 6.88. The summed E-state index contributed by atoms with van der Waals surface area (Å²) in [6.45, 7) is 3.75. The van der Waals surface area contributed by atoms with E-state index in [-0.39, 0.29) is 11.9 Å². The van der Waals surface area contributed by atoms with E-state index in [1.54, 1.807) is 12.1 Å². The standard InChI is InChI=1S/C16H23NO2/c1-3-12-6-4-5-7-16(12)19-13-8-9-15(17)14(10-13)11(2)18/h8-10,12,16H,3-7,17H2,1-2H3. The number of benzene rings is 1. The van der Waals surface area contributed by atoms with E-state index >= 15 is 0 Å². The summed E-state index contributed by atoms with van der Waals surface area (Å²) in [6, 6.07) is 5.40.